The minimum Gasteiger partial charge on any atom is -0.308 e. The molecule has 2 aromatic heterocycles. The SMILES string of the molecule is Cc1c(NN)nc(C(C)C)nc1-n1ccnc1. The highest BCUT2D eigenvalue weighted by Crippen LogP contribution is 2.21. The predicted molar refractivity (Wildman–Crippen MR) is 65.8 cm³/mol. The largest absolute Gasteiger partial charge is 0.308 e. The molecule has 0 atom stereocenters. The first kappa shape index (κ1) is 11.5. The molecule has 0 aromatic carbocycles. The number of nitrogens with one attached hydrogen (secondary N) is 1. The second-order valence-corrected chi connectivity index (χ2v) is 4.15. The summed E-state index contributed by atoms with van der Waals surface area (Å²) in [5.74, 6) is 7.92. The molecule has 0 unspecified atom stereocenters. The molecule has 0 saturated heterocycles. The Morgan fingerprint density at radius 2 is 2.12 bits per heavy atom. The first-order valence-electron chi connectivity index (χ1n) is 5.47. The van der Waals surface area contributed by atoms with Crippen LogP contribution >= 0.6 is 0 Å². The van der Waals surface area contributed by atoms with Crippen molar-refractivity contribution in [1.82, 2.24) is 19.5 Å². The first-order valence-corrected chi connectivity index (χ1v) is 5.47. The van der Waals surface area contributed by atoms with E-state index >= 15 is 0 Å². The van der Waals surface area contributed by atoms with Crippen LogP contribution in [0.2, 0.25) is 0 Å². The predicted octanol–water partition coefficient (Wildman–Crippen LogP) is 1.38. The van der Waals surface area contributed by atoms with Gasteiger partial charge in [0, 0.05) is 23.9 Å². The quantitative estimate of drug-likeness (QED) is 0.617. The maximum Gasteiger partial charge on any atom is 0.148 e. The molecule has 0 saturated carbocycles. The molecule has 0 fully saturated rings. The van der Waals surface area contributed by atoms with Crippen LogP contribution < -0.4 is 11.3 Å². The molecule has 2 aromatic rings. The number of nitrogens with zero attached hydrogens (tertiary/aromatic N) is 4. The van der Waals surface area contributed by atoms with Gasteiger partial charge in [-0.25, -0.2) is 20.8 Å². The van der Waals surface area contributed by atoms with Crippen LogP contribution in [0.3, 0.4) is 0 Å². The number of rotatable bonds is 3. The van der Waals surface area contributed by atoms with Crippen molar-refractivity contribution < 1.29 is 0 Å². The third-order valence-corrected chi connectivity index (χ3v) is 2.54. The van der Waals surface area contributed by atoms with Gasteiger partial charge in [-0.05, 0) is 6.92 Å². The van der Waals surface area contributed by atoms with Crippen LogP contribution in [0.15, 0.2) is 18.7 Å². The smallest absolute Gasteiger partial charge is 0.148 e. The minimum atomic E-state index is 0.241. The zero-order valence-corrected chi connectivity index (χ0v) is 10.2. The molecule has 0 amide bonds. The van der Waals surface area contributed by atoms with E-state index in [9.17, 15) is 0 Å². The highest BCUT2D eigenvalue weighted by Gasteiger charge is 2.13. The summed E-state index contributed by atoms with van der Waals surface area (Å²) in [6.45, 7) is 6.01. The number of aromatic nitrogens is 4. The molecular weight excluding hydrogens is 216 g/mol. The third kappa shape index (κ3) is 2.12. The lowest BCUT2D eigenvalue weighted by molar-refractivity contribution is 0.759. The summed E-state index contributed by atoms with van der Waals surface area (Å²) in [6, 6.07) is 0. The Balaban J connectivity index is 2.61. The van der Waals surface area contributed by atoms with E-state index in [1.807, 2.05) is 31.5 Å². The Kier molecular flexibility index (Phi) is 3.06. The third-order valence-electron chi connectivity index (χ3n) is 2.54. The second-order valence-electron chi connectivity index (χ2n) is 4.15. The van der Waals surface area contributed by atoms with E-state index in [-0.39, 0.29) is 5.92 Å². The average molecular weight is 232 g/mol. The van der Waals surface area contributed by atoms with E-state index in [4.69, 9.17) is 5.84 Å². The van der Waals surface area contributed by atoms with Gasteiger partial charge in [-0.1, -0.05) is 13.8 Å². The van der Waals surface area contributed by atoms with E-state index in [1.165, 1.54) is 0 Å². The molecule has 6 nitrogen and oxygen atoms in total. The summed E-state index contributed by atoms with van der Waals surface area (Å²) in [5, 5.41) is 0. The fraction of sp³-hybridized carbons (Fsp3) is 0.364. The summed E-state index contributed by atoms with van der Waals surface area (Å²) in [4.78, 5) is 12.9. The van der Waals surface area contributed by atoms with Crippen molar-refractivity contribution in [3.05, 3.63) is 30.1 Å². The highest BCUT2D eigenvalue weighted by atomic mass is 15.3. The summed E-state index contributed by atoms with van der Waals surface area (Å²) in [6.07, 6.45) is 5.27. The lowest BCUT2D eigenvalue weighted by Crippen LogP contribution is -2.15. The monoisotopic (exact) mass is 232 g/mol. The number of hydrogen-bond donors (Lipinski definition) is 2. The summed E-state index contributed by atoms with van der Waals surface area (Å²) < 4.78 is 1.85. The van der Waals surface area contributed by atoms with Crippen molar-refractivity contribution in [3.63, 3.8) is 0 Å². The molecule has 0 radical (unpaired) electrons. The maximum absolute atomic E-state index is 5.48. The van der Waals surface area contributed by atoms with Crippen LogP contribution in [0.1, 0.15) is 31.2 Å². The number of hydrogen-bond acceptors (Lipinski definition) is 5. The molecule has 2 rings (SSSR count). The molecular formula is C11H16N6. The van der Waals surface area contributed by atoms with Crippen molar-refractivity contribution in [2.75, 3.05) is 5.43 Å². The Morgan fingerprint density at radius 3 is 2.65 bits per heavy atom. The van der Waals surface area contributed by atoms with Crippen LogP contribution in [0.5, 0.6) is 0 Å². The zero-order chi connectivity index (χ0) is 12.4. The topological polar surface area (TPSA) is 81.6 Å². The molecule has 2 heterocycles. The van der Waals surface area contributed by atoms with E-state index in [0.717, 1.165) is 17.2 Å². The standard InChI is InChI=1S/C11H16N6/c1-7(2)9-14-10(16-12)8(3)11(15-9)17-5-4-13-6-17/h4-7H,12H2,1-3H3,(H,14,15,16). The van der Waals surface area contributed by atoms with Gasteiger partial charge in [0.05, 0.1) is 0 Å². The van der Waals surface area contributed by atoms with Crippen LogP contribution in [0, 0.1) is 6.92 Å². The van der Waals surface area contributed by atoms with Crippen molar-refractivity contribution in [2.24, 2.45) is 5.84 Å². The van der Waals surface area contributed by atoms with E-state index in [0.29, 0.717) is 5.82 Å². The van der Waals surface area contributed by atoms with Gasteiger partial charge in [0.2, 0.25) is 0 Å². The van der Waals surface area contributed by atoms with Crippen LogP contribution in [-0.4, -0.2) is 19.5 Å². The molecule has 0 aliphatic carbocycles. The Bertz CT molecular complexity index is 503. The number of imidazole rings is 1. The van der Waals surface area contributed by atoms with Crippen molar-refractivity contribution >= 4 is 5.82 Å². The zero-order valence-electron chi connectivity index (χ0n) is 10.2. The van der Waals surface area contributed by atoms with Crippen LogP contribution in [0.25, 0.3) is 5.82 Å². The normalized spacial score (nSPS) is 10.9. The summed E-state index contributed by atoms with van der Waals surface area (Å²) in [7, 11) is 0. The fourth-order valence-electron chi connectivity index (χ4n) is 1.56. The van der Waals surface area contributed by atoms with Crippen LogP contribution in [-0.2, 0) is 0 Å². The van der Waals surface area contributed by atoms with Crippen molar-refractivity contribution in [2.45, 2.75) is 26.7 Å². The van der Waals surface area contributed by atoms with Crippen LogP contribution in [0.4, 0.5) is 5.82 Å². The van der Waals surface area contributed by atoms with Crippen molar-refractivity contribution in [3.8, 4) is 5.82 Å². The van der Waals surface area contributed by atoms with E-state index in [1.54, 1.807) is 12.5 Å². The molecule has 0 aliphatic heterocycles. The van der Waals surface area contributed by atoms with Gasteiger partial charge >= 0.3 is 0 Å². The fourth-order valence-corrected chi connectivity index (χ4v) is 1.56. The Hall–Kier alpha value is -1.95. The Labute approximate surface area is 99.9 Å². The van der Waals surface area contributed by atoms with Gasteiger partial charge in [0.1, 0.15) is 23.8 Å². The molecule has 6 heteroatoms. The first-order chi connectivity index (χ1) is 8.13. The summed E-state index contributed by atoms with van der Waals surface area (Å²) >= 11 is 0. The van der Waals surface area contributed by atoms with E-state index in [2.05, 4.69) is 20.4 Å². The molecule has 90 valence electrons. The summed E-state index contributed by atoms with van der Waals surface area (Å²) in [5.41, 5.74) is 3.51. The minimum absolute atomic E-state index is 0.241. The highest BCUT2D eigenvalue weighted by molar-refractivity contribution is 5.51. The van der Waals surface area contributed by atoms with Gasteiger partial charge in [-0.2, -0.15) is 0 Å². The number of nitrogen functional groups attached to an aromatic ring is 1. The van der Waals surface area contributed by atoms with E-state index < -0.39 is 0 Å². The molecule has 3 N–H and O–H groups in total. The lowest BCUT2D eigenvalue weighted by Gasteiger charge is -2.13. The number of anilines is 1. The molecule has 0 aliphatic rings. The lowest BCUT2D eigenvalue weighted by atomic mass is 10.2. The van der Waals surface area contributed by atoms with Gasteiger partial charge in [-0.15, -0.1) is 0 Å². The Morgan fingerprint density at radius 1 is 1.35 bits per heavy atom. The average Bonchev–Trinajstić information content (AvgIpc) is 2.82. The molecule has 17 heavy (non-hydrogen) atoms. The van der Waals surface area contributed by atoms with Gasteiger partial charge < -0.3 is 5.43 Å². The van der Waals surface area contributed by atoms with Gasteiger partial charge in [0.15, 0.2) is 0 Å². The van der Waals surface area contributed by atoms with Gasteiger partial charge in [-0.3, -0.25) is 4.57 Å². The maximum atomic E-state index is 5.48. The van der Waals surface area contributed by atoms with Gasteiger partial charge in [0.25, 0.3) is 0 Å². The molecule has 0 spiro atoms. The second kappa shape index (κ2) is 4.50. The van der Waals surface area contributed by atoms with Crippen molar-refractivity contribution in [1.29, 1.82) is 0 Å². The molecule has 0 bridgehead atoms. The number of hydrazine groups is 1. The number of nitrogens with two attached hydrogens (primary N) is 1.